The summed E-state index contributed by atoms with van der Waals surface area (Å²) in [6.45, 7) is 10.2. The maximum Gasteiger partial charge on any atom is 0.305 e. The minimum absolute atomic E-state index is 0.000950. The molecule has 2 unspecified atom stereocenters. The van der Waals surface area contributed by atoms with E-state index in [0.29, 0.717) is 37.9 Å². The molecule has 0 bridgehead atoms. The summed E-state index contributed by atoms with van der Waals surface area (Å²) in [5, 5.41) is 0. The lowest BCUT2D eigenvalue weighted by Gasteiger charge is -2.16. The second-order valence-electron chi connectivity index (χ2n) is 12.8. The molecule has 0 spiro atoms. The van der Waals surface area contributed by atoms with E-state index in [1.54, 1.807) is 0 Å². The van der Waals surface area contributed by atoms with Crippen molar-refractivity contribution in [1.82, 2.24) is 0 Å². The Morgan fingerprint density at radius 3 is 1.21 bits per heavy atom. The molecule has 0 heterocycles. The Kier molecular flexibility index (Phi) is 31.6. The van der Waals surface area contributed by atoms with Crippen molar-refractivity contribution in [3.63, 3.8) is 0 Å². The molecule has 0 aromatic heterocycles. The van der Waals surface area contributed by atoms with Gasteiger partial charge in [0.2, 0.25) is 0 Å². The molecule has 0 aliphatic carbocycles. The summed E-state index contributed by atoms with van der Waals surface area (Å²) < 4.78 is 11.2. The molecule has 0 radical (unpaired) electrons. The summed E-state index contributed by atoms with van der Waals surface area (Å²) >= 11 is 0. The summed E-state index contributed by atoms with van der Waals surface area (Å²) in [4.78, 5) is 24.2. The first-order valence-electron chi connectivity index (χ1n) is 18.5. The Labute approximate surface area is 262 Å². The van der Waals surface area contributed by atoms with Crippen molar-refractivity contribution in [2.75, 3.05) is 13.2 Å². The zero-order valence-corrected chi connectivity index (χ0v) is 28.7. The zero-order chi connectivity index (χ0) is 30.9. The largest absolute Gasteiger partial charge is 0.465 e. The Morgan fingerprint density at radius 1 is 0.452 bits per heavy atom. The van der Waals surface area contributed by atoms with Gasteiger partial charge in [0.1, 0.15) is 0 Å². The molecule has 248 valence electrons. The summed E-state index contributed by atoms with van der Waals surface area (Å²) in [6.07, 6.45) is 34.4. The molecule has 0 N–H and O–H groups in total. The lowest BCUT2D eigenvalue weighted by atomic mass is 9.97. The lowest BCUT2D eigenvalue weighted by molar-refractivity contribution is -0.146. The van der Waals surface area contributed by atoms with Gasteiger partial charge < -0.3 is 9.47 Å². The average Bonchev–Trinajstić information content (AvgIpc) is 2.98. The predicted molar refractivity (Wildman–Crippen MR) is 181 cm³/mol. The molecule has 0 rings (SSSR count). The van der Waals surface area contributed by atoms with E-state index in [2.05, 4.69) is 39.8 Å². The van der Waals surface area contributed by atoms with Crippen molar-refractivity contribution in [2.45, 2.75) is 195 Å². The van der Waals surface area contributed by atoms with Crippen molar-refractivity contribution in [2.24, 2.45) is 11.8 Å². The van der Waals surface area contributed by atoms with Gasteiger partial charge in [0.05, 0.1) is 13.2 Å². The van der Waals surface area contributed by atoms with Crippen LogP contribution in [0.2, 0.25) is 0 Å². The van der Waals surface area contributed by atoms with Gasteiger partial charge in [0.25, 0.3) is 0 Å². The zero-order valence-electron chi connectivity index (χ0n) is 28.7. The van der Waals surface area contributed by atoms with Gasteiger partial charge in [-0.3, -0.25) is 9.59 Å². The molecule has 0 aromatic carbocycles. The van der Waals surface area contributed by atoms with E-state index in [9.17, 15) is 9.59 Å². The van der Waals surface area contributed by atoms with Crippen LogP contribution in [-0.4, -0.2) is 25.2 Å². The maximum atomic E-state index is 12.1. The summed E-state index contributed by atoms with van der Waals surface area (Å²) in [5.41, 5.74) is 0. The number of esters is 2. The number of unbranched alkanes of at least 4 members (excludes halogenated alkanes) is 14. The molecule has 0 fully saturated rings. The molecule has 0 amide bonds. The molecule has 0 saturated heterocycles. The standard InChI is InChI=1S/C38H72O4/c1-5-9-23-29-35(27-7-3)33-41-37(39)31-25-21-19-17-15-13-11-12-14-16-18-20-22-26-32-38(40)42-34-36(28-8-4)30-24-10-6-2/h11-12,35-36H,5-10,13-34H2,1-4H3/b12-11+. The van der Waals surface area contributed by atoms with E-state index in [1.165, 1.54) is 128 Å². The first-order valence-corrected chi connectivity index (χ1v) is 18.5. The summed E-state index contributed by atoms with van der Waals surface area (Å²) in [6, 6.07) is 0. The molecule has 4 nitrogen and oxygen atoms in total. The minimum atomic E-state index is 0.000950. The van der Waals surface area contributed by atoms with Crippen LogP contribution in [-0.2, 0) is 19.1 Å². The highest BCUT2D eigenvalue weighted by atomic mass is 16.5. The lowest BCUT2D eigenvalue weighted by Crippen LogP contribution is -2.14. The van der Waals surface area contributed by atoms with E-state index < -0.39 is 0 Å². The Bertz CT molecular complexity index is 562. The van der Waals surface area contributed by atoms with Crippen LogP contribution in [0.3, 0.4) is 0 Å². The topological polar surface area (TPSA) is 52.6 Å². The average molecular weight is 593 g/mol. The summed E-state index contributed by atoms with van der Waals surface area (Å²) in [7, 11) is 0. The van der Waals surface area contributed by atoms with Crippen LogP contribution < -0.4 is 0 Å². The van der Waals surface area contributed by atoms with Gasteiger partial charge in [0.15, 0.2) is 0 Å². The number of hydrogen-bond acceptors (Lipinski definition) is 4. The Balaban J connectivity index is 3.55. The molecule has 0 saturated carbocycles. The number of allylic oxidation sites excluding steroid dienone is 2. The Morgan fingerprint density at radius 2 is 0.833 bits per heavy atom. The van der Waals surface area contributed by atoms with Gasteiger partial charge in [-0.2, -0.15) is 0 Å². The first-order chi connectivity index (χ1) is 20.6. The highest BCUT2D eigenvalue weighted by Crippen LogP contribution is 2.18. The number of hydrogen-bond donors (Lipinski definition) is 0. The fourth-order valence-corrected chi connectivity index (χ4v) is 5.73. The highest BCUT2D eigenvalue weighted by molar-refractivity contribution is 5.69. The number of carbonyl (C=O) groups excluding carboxylic acids is 2. The third-order valence-electron chi connectivity index (χ3n) is 8.46. The van der Waals surface area contributed by atoms with Crippen LogP contribution in [0, 0.1) is 11.8 Å². The van der Waals surface area contributed by atoms with Gasteiger partial charge in [-0.1, -0.05) is 130 Å². The summed E-state index contributed by atoms with van der Waals surface area (Å²) in [5.74, 6) is 1.10. The fourth-order valence-electron chi connectivity index (χ4n) is 5.73. The van der Waals surface area contributed by atoms with E-state index in [1.807, 2.05) is 0 Å². The quantitative estimate of drug-likeness (QED) is 0.0443. The second kappa shape index (κ2) is 32.6. The molecule has 2 atom stereocenters. The van der Waals surface area contributed by atoms with E-state index in [4.69, 9.17) is 9.47 Å². The van der Waals surface area contributed by atoms with Crippen molar-refractivity contribution < 1.29 is 19.1 Å². The fraction of sp³-hybridized carbons (Fsp3) is 0.895. The van der Waals surface area contributed by atoms with Gasteiger partial charge in [0, 0.05) is 12.8 Å². The normalized spacial score (nSPS) is 13.0. The molecule has 42 heavy (non-hydrogen) atoms. The van der Waals surface area contributed by atoms with E-state index >= 15 is 0 Å². The van der Waals surface area contributed by atoms with E-state index in [-0.39, 0.29) is 11.9 Å². The van der Waals surface area contributed by atoms with Gasteiger partial charge in [-0.25, -0.2) is 0 Å². The number of rotatable bonds is 32. The molecule has 4 heteroatoms. The molecule has 0 aliphatic rings. The monoisotopic (exact) mass is 593 g/mol. The second-order valence-corrected chi connectivity index (χ2v) is 12.8. The van der Waals surface area contributed by atoms with Crippen LogP contribution in [0.1, 0.15) is 195 Å². The van der Waals surface area contributed by atoms with Crippen molar-refractivity contribution in [3.05, 3.63) is 12.2 Å². The predicted octanol–water partition coefficient (Wildman–Crippen LogP) is 12.1. The first kappa shape index (κ1) is 40.7. The minimum Gasteiger partial charge on any atom is -0.465 e. The highest BCUT2D eigenvalue weighted by Gasteiger charge is 2.12. The SMILES string of the molecule is CCCCCC(CCC)COC(=O)CCCCCCC/C=C/CCCCCCCC(=O)OCC(CCC)CCCCC. The van der Waals surface area contributed by atoms with Gasteiger partial charge in [-0.15, -0.1) is 0 Å². The molecular formula is C38H72O4. The van der Waals surface area contributed by atoms with Crippen LogP contribution in [0.5, 0.6) is 0 Å². The Hall–Kier alpha value is -1.32. The van der Waals surface area contributed by atoms with Gasteiger partial charge >= 0.3 is 11.9 Å². The third kappa shape index (κ3) is 28.8. The smallest absolute Gasteiger partial charge is 0.305 e. The third-order valence-corrected chi connectivity index (χ3v) is 8.46. The number of carbonyl (C=O) groups is 2. The van der Waals surface area contributed by atoms with E-state index in [0.717, 1.165) is 25.7 Å². The van der Waals surface area contributed by atoms with Crippen LogP contribution in [0.25, 0.3) is 0 Å². The molecule has 0 aromatic rings. The maximum absolute atomic E-state index is 12.1. The van der Waals surface area contributed by atoms with Crippen LogP contribution in [0.15, 0.2) is 12.2 Å². The van der Waals surface area contributed by atoms with Crippen molar-refractivity contribution in [3.8, 4) is 0 Å². The van der Waals surface area contributed by atoms with Gasteiger partial charge in [-0.05, 0) is 76.0 Å². The number of ether oxygens (including phenoxy) is 2. The van der Waals surface area contributed by atoms with Crippen LogP contribution >= 0.6 is 0 Å². The molecular weight excluding hydrogens is 520 g/mol. The van der Waals surface area contributed by atoms with Crippen molar-refractivity contribution >= 4 is 11.9 Å². The van der Waals surface area contributed by atoms with Crippen molar-refractivity contribution in [1.29, 1.82) is 0 Å². The molecule has 0 aliphatic heterocycles. The van der Waals surface area contributed by atoms with Crippen LogP contribution in [0.4, 0.5) is 0 Å².